The largest absolute Gasteiger partial charge is 0.444 e. The van der Waals surface area contributed by atoms with Crippen molar-refractivity contribution in [3.63, 3.8) is 0 Å². The highest BCUT2D eigenvalue weighted by Gasteiger charge is 2.38. The molecule has 1 rings (SSSR count). The summed E-state index contributed by atoms with van der Waals surface area (Å²) in [5, 5.41) is 13.7. The van der Waals surface area contributed by atoms with Crippen LogP contribution >= 0.6 is 0 Å². The second kappa shape index (κ2) is 14.8. The number of amides is 4. The lowest BCUT2D eigenvalue weighted by atomic mass is 10.0. The fourth-order valence-electron chi connectivity index (χ4n) is 3.57. The number of hydrogen-bond acceptors (Lipinski definition) is 10. The van der Waals surface area contributed by atoms with Crippen LogP contribution in [0.15, 0.2) is 24.3 Å². The molecule has 0 spiro atoms. The standard InChI is InChI=1S/C28H45N5O9/c1-26(2,3)40-23(35)30-14-15-31(22(34)17-29)18-21(16-19-10-12-20(13-11-19)33(38)39)32(24(36)41-27(4,5)6)25(37)42-28(7,8)9/h10-13,21H,14-18,29H2,1-9H3,(H,30,35). The number of carbonyl (C=O) groups is 4. The Bertz CT molecular complexity index is 1070. The Morgan fingerprint density at radius 1 is 0.881 bits per heavy atom. The van der Waals surface area contributed by atoms with E-state index in [2.05, 4.69) is 5.32 Å². The summed E-state index contributed by atoms with van der Waals surface area (Å²) < 4.78 is 16.3. The Labute approximate surface area is 247 Å². The van der Waals surface area contributed by atoms with Crippen molar-refractivity contribution >= 4 is 29.9 Å². The lowest BCUT2D eigenvalue weighted by Gasteiger charge is -2.36. The molecule has 3 N–H and O–H groups in total. The fraction of sp³-hybridized carbons (Fsp3) is 0.643. The number of nitrogens with one attached hydrogen (secondary N) is 1. The van der Waals surface area contributed by atoms with Gasteiger partial charge in [-0.25, -0.2) is 19.3 Å². The first-order valence-electron chi connectivity index (χ1n) is 13.5. The van der Waals surface area contributed by atoms with Crippen molar-refractivity contribution in [1.82, 2.24) is 15.1 Å². The Morgan fingerprint density at radius 2 is 1.36 bits per heavy atom. The molecular formula is C28H45N5O9. The van der Waals surface area contributed by atoms with Gasteiger partial charge in [0.05, 0.1) is 17.5 Å². The number of alkyl carbamates (subject to hydrolysis) is 1. The van der Waals surface area contributed by atoms with Crippen LogP contribution in [0.4, 0.5) is 20.1 Å². The summed E-state index contributed by atoms with van der Waals surface area (Å²) in [6.45, 7) is 14.3. The Balaban J connectivity index is 3.48. The maximum Gasteiger partial charge on any atom is 0.420 e. The lowest BCUT2D eigenvalue weighted by molar-refractivity contribution is -0.384. The summed E-state index contributed by atoms with van der Waals surface area (Å²) >= 11 is 0. The molecule has 42 heavy (non-hydrogen) atoms. The minimum absolute atomic E-state index is 0.00960. The van der Waals surface area contributed by atoms with E-state index in [0.717, 1.165) is 4.90 Å². The highest BCUT2D eigenvalue weighted by atomic mass is 16.6. The van der Waals surface area contributed by atoms with Gasteiger partial charge in [0.15, 0.2) is 0 Å². The van der Waals surface area contributed by atoms with Crippen LogP contribution < -0.4 is 11.1 Å². The second-order valence-corrected chi connectivity index (χ2v) is 12.6. The van der Waals surface area contributed by atoms with E-state index in [0.29, 0.717) is 5.56 Å². The maximum absolute atomic E-state index is 13.4. The van der Waals surface area contributed by atoms with Crippen LogP contribution in [0.2, 0.25) is 0 Å². The van der Waals surface area contributed by atoms with Crippen LogP contribution in [0.25, 0.3) is 0 Å². The van der Waals surface area contributed by atoms with E-state index in [1.807, 2.05) is 0 Å². The normalized spacial score (nSPS) is 12.5. The molecule has 0 aliphatic heterocycles. The van der Waals surface area contributed by atoms with E-state index in [9.17, 15) is 29.3 Å². The number of nitro benzene ring substituents is 1. The monoisotopic (exact) mass is 595 g/mol. The van der Waals surface area contributed by atoms with Crippen LogP contribution in [0.5, 0.6) is 0 Å². The number of benzene rings is 1. The number of hydrogen-bond donors (Lipinski definition) is 2. The summed E-state index contributed by atoms with van der Waals surface area (Å²) in [7, 11) is 0. The van der Waals surface area contributed by atoms with E-state index < -0.39 is 52.0 Å². The quantitative estimate of drug-likeness (QED) is 0.228. The molecule has 1 aromatic rings. The van der Waals surface area contributed by atoms with Crippen molar-refractivity contribution in [1.29, 1.82) is 0 Å². The van der Waals surface area contributed by atoms with Crippen LogP contribution in [-0.2, 0) is 25.4 Å². The number of nitrogens with two attached hydrogens (primary N) is 1. The van der Waals surface area contributed by atoms with Crippen molar-refractivity contribution in [2.45, 2.75) is 91.6 Å². The van der Waals surface area contributed by atoms with Gasteiger partial charge >= 0.3 is 18.3 Å². The molecule has 0 aromatic heterocycles. The molecule has 0 bridgehead atoms. The fourth-order valence-corrected chi connectivity index (χ4v) is 3.57. The summed E-state index contributed by atoms with van der Waals surface area (Å²) in [6.07, 6.45) is -2.70. The molecule has 0 radical (unpaired) electrons. The lowest BCUT2D eigenvalue weighted by Crippen LogP contribution is -2.55. The molecule has 14 nitrogen and oxygen atoms in total. The average molecular weight is 596 g/mol. The Kier molecular flexibility index (Phi) is 12.7. The molecule has 1 atom stereocenters. The van der Waals surface area contributed by atoms with Crippen molar-refractivity contribution in [2.75, 3.05) is 26.2 Å². The minimum atomic E-state index is -1.05. The van der Waals surface area contributed by atoms with Crippen molar-refractivity contribution in [3.8, 4) is 0 Å². The smallest absolute Gasteiger partial charge is 0.420 e. The van der Waals surface area contributed by atoms with Crippen molar-refractivity contribution in [3.05, 3.63) is 39.9 Å². The third kappa shape index (κ3) is 13.6. The topological polar surface area (TPSA) is 184 Å². The first-order valence-corrected chi connectivity index (χ1v) is 13.5. The molecule has 0 aliphatic rings. The third-order valence-electron chi connectivity index (χ3n) is 5.17. The molecule has 4 amide bonds. The SMILES string of the molecule is CC(C)(C)OC(=O)NCCN(CC(Cc1ccc([N+](=O)[O-])cc1)N(C(=O)OC(C)(C)C)C(=O)OC(C)(C)C)C(=O)CN. The average Bonchev–Trinajstić information content (AvgIpc) is 2.79. The zero-order valence-corrected chi connectivity index (χ0v) is 26.0. The highest BCUT2D eigenvalue weighted by molar-refractivity contribution is 5.89. The highest BCUT2D eigenvalue weighted by Crippen LogP contribution is 2.21. The van der Waals surface area contributed by atoms with Gasteiger partial charge in [0, 0.05) is 31.8 Å². The second-order valence-electron chi connectivity index (χ2n) is 12.6. The number of non-ortho nitro benzene ring substituents is 1. The maximum atomic E-state index is 13.4. The number of nitro groups is 1. The summed E-state index contributed by atoms with van der Waals surface area (Å²) in [4.78, 5) is 64.6. The predicted octanol–water partition coefficient (Wildman–Crippen LogP) is 3.99. The van der Waals surface area contributed by atoms with Gasteiger partial charge in [-0.15, -0.1) is 0 Å². The van der Waals surface area contributed by atoms with Gasteiger partial charge in [-0.1, -0.05) is 12.1 Å². The van der Waals surface area contributed by atoms with E-state index in [4.69, 9.17) is 19.9 Å². The minimum Gasteiger partial charge on any atom is -0.444 e. The van der Waals surface area contributed by atoms with Gasteiger partial charge in [-0.3, -0.25) is 14.9 Å². The Hall–Kier alpha value is -3.94. The molecular weight excluding hydrogens is 550 g/mol. The van der Waals surface area contributed by atoms with Gasteiger partial charge in [0.2, 0.25) is 5.91 Å². The van der Waals surface area contributed by atoms with E-state index in [-0.39, 0.29) is 38.3 Å². The molecule has 0 heterocycles. The van der Waals surface area contributed by atoms with Gasteiger partial charge in [0.1, 0.15) is 16.8 Å². The molecule has 0 saturated heterocycles. The van der Waals surface area contributed by atoms with Crippen LogP contribution in [-0.4, -0.2) is 87.9 Å². The van der Waals surface area contributed by atoms with E-state index in [1.54, 1.807) is 62.3 Å². The van der Waals surface area contributed by atoms with Crippen molar-refractivity contribution < 1.29 is 38.3 Å². The first kappa shape index (κ1) is 36.1. The predicted molar refractivity (Wildman–Crippen MR) is 155 cm³/mol. The summed E-state index contributed by atoms with van der Waals surface area (Å²) in [6, 6.07) is 4.53. The number of carbonyl (C=O) groups excluding carboxylic acids is 4. The molecule has 14 heteroatoms. The summed E-state index contributed by atoms with van der Waals surface area (Å²) in [5.74, 6) is -0.511. The van der Waals surface area contributed by atoms with Crippen LogP contribution in [0, 0.1) is 10.1 Å². The van der Waals surface area contributed by atoms with Gasteiger partial charge in [-0.05, 0) is 74.3 Å². The molecule has 0 aliphatic carbocycles. The molecule has 1 unspecified atom stereocenters. The van der Waals surface area contributed by atoms with Crippen LogP contribution in [0.1, 0.15) is 67.9 Å². The van der Waals surface area contributed by atoms with E-state index >= 15 is 0 Å². The molecule has 236 valence electrons. The van der Waals surface area contributed by atoms with Crippen LogP contribution in [0.3, 0.4) is 0 Å². The Morgan fingerprint density at radius 3 is 1.76 bits per heavy atom. The summed E-state index contributed by atoms with van der Waals surface area (Å²) in [5.41, 5.74) is 3.38. The number of rotatable bonds is 10. The number of ether oxygens (including phenoxy) is 3. The third-order valence-corrected chi connectivity index (χ3v) is 5.17. The first-order chi connectivity index (χ1) is 19.1. The number of imide groups is 1. The van der Waals surface area contributed by atoms with Gasteiger partial charge in [0.25, 0.3) is 5.69 Å². The zero-order valence-electron chi connectivity index (χ0n) is 26.0. The number of nitrogens with zero attached hydrogens (tertiary/aromatic N) is 3. The molecule has 0 fully saturated rings. The van der Waals surface area contributed by atoms with Gasteiger partial charge in [-0.2, -0.15) is 0 Å². The molecule has 1 aromatic carbocycles. The van der Waals surface area contributed by atoms with E-state index in [1.165, 1.54) is 29.2 Å². The zero-order chi connectivity index (χ0) is 32.5. The van der Waals surface area contributed by atoms with Gasteiger partial charge < -0.3 is 30.2 Å². The molecule has 0 saturated carbocycles. The van der Waals surface area contributed by atoms with Crippen molar-refractivity contribution in [2.24, 2.45) is 5.73 Å².